The molecular formula is C13H22N2O3. The van der Waals surface area contributed by atoms with Gasteiger partial charge < -0.3 is 15.7 Å². The highest BCUT2D eigenvalue weighted by atomic mass is 16.4. The summed E-state index contributed by atoms with van der Waals surface area (Å²) in [5.41, 5.74) is 0. The minimum absolute atomic E-state index is 0.122. The highest BCUT2D eigenvalue weighted by molar-refractivity contribution is 5.82. The standard InChI is InChI=1S/C13H22N2O3/c1-5-7-10(6-2)14-13(18)15-11(12(16)17)8-9(3)4/h1,9-11H,6-8H2,2-4H3,(H,16,17)(H2,14,15,18)/t10?,11-/m1/s1. The number of amides is 2. The monoisotopic (exact) mass is 254 g/mol. The van der Waals surface area contributed by atoms with Crippen LogP contribution >= 0.6 is 0 Å². The largest absolute Gasteiger partial charge is 0.480 e. The highest BCUT2D eigenvalue weighted by Crippen LogP contribution is 2.05. The first-order valence-corrected chi connectivity index (χ1v) is 6.13. The number of terminal acetylenes is 1. The molecule has 0 saturated carbocycles. The van der Waals surface area contributed by atoms with Gasteiger partial charge in [0, 0.05) is 12.5 Å². The molecule has 3 N–H and O–H groups in total. The fourth-order valence-electron chi connectivity index (χ4n) is 1.52. The van der Waals surface area contributed by atoms with Gasteiger partial charge in [-0.2, -0.15) is 0 Å². The molecule has 0 fully saturated rings. The predicted octanol–water partition coefficient (Wildman–Crippen LogP) is 1.59. The van der Waals surface area contributed by atoms with E-state index in [1.165, 1.54) is 0 Å². The van der Waals surface area contributed by atoms with Gasteiger partial charge in [0.25, 0.3) is 0 Å². The van der Waals surface area contributed by atoms with E-state index < -0.39 is 18.0 Å². The topological polar surface area (TPSA) is 78.4 Å². The van der Waals surface area contributed by atoms with Crippen LogP contribution in [0.5, 0.6) is 0 Å². The number of carboxylic acids is 1. The van der Waals surface area contributed by atoms with E-state index in [1.807, 2.05) is 20.8 Å². The average molecular weight is 254 g/mol. The molecule has 5 nitrogen and oxygen atoms in total. The van der Waals surface area contributed by atoms with Crippen molar-refractivity contribution in [3.63, 3.8) is 0 Å². The molecule has 0 aliphatic heterocycles. The molecule has 0 aromatic heterocycles. The Hall–Kier alpha value is -1.70. The van der Waals surface area contributed by atoms with Gasteiger partial charge in [0.2, 0.25) is 0 Å². The van der Waals surface area contributed by atoms with Crippen LogP contribution in [0.4, 0.5) is 4.79 Å². The summed E-state index contributed by atoms with van der Waals surface area (Å²) >= 11 is 0. The summed E-state index contributed by atoms with van der Waals surface area (Å²) in [5.74, 6) is 1.64. The van der Waals surface area contributed by atoms with E-state index >= 15 is 0 Å². The minimum Gasteiger partial charge on any atom is -0.480 e. The molecular weight excluding hydrogens is 232 g/mol. The second kappa shape index (κ2) is 8.40. The summed E-state index contributed by atoms with van der Waals surface area (Å²) < 4.78 is 0. The Morgan fingerprint density at radius 1 is 1.33 bits per heavy atom. The number of carboxylic acid groups (broad SMARTS) is 1. The van der Waals surface area contributed by atoms with Gasteiger partial charge >= 0.3 is 12.0 Å². The van der Waals surface area contributed by atoms with E-state index in [1.54, 1.807) is 0 Å². The quantitative estimate of drug-likeness (QED) is 0.604. The van der Waals surface area contributed by atoms with Crippen LogP contribution in [0.3, 0.4) is 0 Å². The second-order valence-corrected chi connectivity index (χ2v) is 4.65. The number of hydrogen-bond acceptors (Lipinski definition) is 2. The number of aliphatic carboxylic acids is 1. The Kier molecular flexibility index (Phi) is 7.61. The number of urea groups is 1. The molecule has 18 heavy (non-hydrogen) atoms. The van der Waals surface area contributed by atoms with Gasteiger partial charge in [-0.25, -0.2) is 9.59 Å². The van der Waals surface area contributed by atoms with Crippen molar-refractivity contribution in [1.82, 2.24) is 10.6 Å². The maximum Gasteiger partial charge on any atom is 0.326 e. The highest BCUT2D eigenvalue weighted by Gasteiger charge is 2.21. The SMILES string of the molecule is C#CCC(CC)NC(=O)N[C@H](CC(C)C)C(=O)O. The smallest absolute Gasteiger partial charge is 0.326 e. The molecule has 0 bridgehead atoms. The lowest BCUT2D eigenvalue weighted by Gasteiger charge is -2.19. The van der Waals surface area contributed by atoms with Gasteiger partial charge in [-0.05, 0) is 18.8 Å². The van der Waals surface area contributed by atoms with E-state index in [-0.39, 0.29) is 12.0 Å². The molecule has 0 radical (unpaired) electrons. The molecule has 0 spiro atoms. The van der Waals surface area contributed by atoms with Gasteiger partial charge in [-0.15, -0.1) is 12.3 Å². The molecule has 0 aliphatic rings. The van der Waals surface area contributed by atoms with Crippen molar-refractivity contribution in [2.24, 2.45) is 5.92 Å². The molecule has 102 valence electrons. The van der Waals surface area contributed by atoms with Crippen molar-refractivity contribution in [3.05, 3.63) is 0 Å². The lowest BCUT2D eigenvalue weighted by Crippen LogP contribution is -2.49. The lowest BCUT2D eigenvalue weighted by molar-refractivity contribution is -0.139. The van der Waals surface area contributed by atoms with Crippen LogP contribution < -0.4 is 10.6 Å². The fourth-order valence-corrected chi connectivity index (χ4v) is 1.52. The minimum atomic E-state index is -1.02. The molecule has 0 rings (SSSR count). The first-order chi connectivity index (χ1) is 8.40. The van der Waals surface area contributed by atoms with Crippen LogP contribution in [0.25, 0.3) is 0 Å². The van der Waals surface area contributed by atoms with Gasteiger partial charge in [0.05, 0.1) is 0 Å². The van der Waals surface area contributed by atoms with Crippen molar-refractivity contribution in [2.75, 3.05) is 0 Å². The Morgan fingerprint density at radius 2 is 1.94 bits per heavy atom. The van der Waals surface area contributed by atoms with Gasteiger partial charge in [0.1, 0.15) is 6.04 Å². The van der Waals surface area contributed by atoms with Crippen LogP contribution in [-0.4, -0.2) is 29.2 Å². The van der Waals surface area contributed by atoms with Crippen LogP contribution in [0.2, 0.25) is 0 Å². The number of rotatable bonds is 7. The predicted molar refractivity (Wildman–Crippen MR) is 70.1 cm³/mol. The number of carbonyl (C=O) groups excluding carboxylic acids is 1. The number of hydrogen-bond donors (Lipinski definition) is 3. The van der Waals surface area contributed by atoms with Gasteiger partial charge in [0.15, 0.2) is 0 Å². The van der Waals surface area contributed by atoms with Crippen molar-refractivity contribution in [1.29, 1.82) is 0 Å². The van der Waals surface area contributed by atoms with Gasteiger partial charge in [-0.3, -0.25) is 0 Å². The molecule has 0 heterocycles. The molecule has 0 aliphatic carbocycles. The van der Waals surface area contributed by atoms with E-state index in [0.717, 1.165) is 0 Å². The van der Waals surface area contributed by atoms with Crippen molar-refractivity contribution < 1.29 is 14.7 Å². The summed E-state index contributed by atoms with van der Waals surface area (Å²) in [6, 6.07) is -1.47. The number of carbonyl (C=O) groups is 2. The summed E-state index contributed by atoms with van der Waals surface area (Å²) in [5, 5.41) is 14.1. The molecule has 0 saturated heterocycles. The van der Waals surface area contributed by atoms with Crippen LogP contribution in [0.1, 0.15) is 40.0 Å². The summed E-state index contributed by atoms with van der Waals surface area (Å²) in [4.78, 5) is 22.6. The molecule has 5 heteroatoms. The summed E-state index contributed by atoms with van der Waals surface area (Å²) in [7, 11) is 0. The normalized spacial score (nSPS) is 13.5. The average Bonchev–Trinajstić information content (AvgIpc) is 2.26. The zero-order valence-electron chi connectivity index (χ0n) is 11.2. The van der Waals surface area contributed by atoms with E-state index in [4.69, 9.17) is 11.5 Å². The third kappa shape index (κ3) is 6.79. The Bertz CT molecular complexity index is 321. The van der Waals surface area contributed by atoms with E-state index in [9.17, 15) is 9.59 Å². The summed E-state index contributed by atoms with van der Waals surface area (Å²) in [6.45, 7) is 5.72. The lowest BCUT2D eigenvalue weighted by atomic mass is 10.0. The maximum absolute atomic E-state index is 11.6. The Balaban J connectivity index is 4.33. The maximum atomic E-state index is 11.6. The van der Waals surface area contributed by atoms with Crippen molar-refractivity contribution >= 4 is 12.0 Å². The Labute approximate surface area is 108 Å². The third-order valence-electron chi connectivity index (χ3n) is 2.50. The van der Waals surface area contributed by atoms with Crippen LogP contribution in [-0.2, 0) is 4.79 Å². The zero-order chi connectivity index (χ0) is 14.1. The van der Waals surface area contributed by atoms with Crippen LogP contribution in [0, 0.1) is 18.3 Å². The molecule has 0 aromatic carbocycles. The Morgan fingerprint density at radius 3 is 2.33 bits per heavy atom. The molecule has 0 aromatic rings. The first-order valence-electron chi connectivity index (χ1n) is 6.13. The molecule has 2 amide bonds. The fraction of sp³-hybridized carbons (Fsp3) is 0.692. The first kappa shape index (κ1) is 16.3. The second-order valence-electron chi connectivity index (χ2n) is 4.65. The van der Waals surface area contributed by atoms with Crippen LogP contribution in [0.15, 0.2) is 0 Å². The van der Waals surface area contributed by atoms with Crippen molar-refractivity contribution in [2.45, 2.75) is 52.1 Å². The van der Waals surface area contributed by atoms with E-state index in [0.29, 0.717) is 19.3 Å². The molecule has 1 unspecified atom stereocenters. The van der Waals surface area contributed by atoms with Gasteiger partial charge in [-0.1, -0.05) is 20.8 Å². The van der Waals surface area contributed by atoms with E-state index in [2.05, 4.69) is 16.6 Å². The number of nitrogens with one attached hydrogen (secondary N) is 2. The van der Waals surface area contributed by atoms with Crippen molar-refractivity contribution in [3.8, 4) is 12.3 Å². The third-order valence-corrected chi connectivity index (χ3v) is 2.50. The molecule has 2 atom stereocenters. The summed E-state index contributed by atoms with van der Waals surface area (Å²) in [6.07, 6.45) is 6.72. The zero-order valence-corrected chi connectivity index (χ0v) is 11.2.